The Balaban J connectivity index is 2.16. The van der Waals surface area contributed by atoms with Crippen molar-refractivity contribution in [1.82, 2.24) is 14.3 Å². The van der Waals surface area contributed by atoms with Gasteiger partial charge in [0.2, 0.25) is 0 Å². The molecule has 2 heterocycles. The molecule has 7 nitrogen and oxygen atoms in total. The van der Waals surface area contributed by atoms with Crippen LogP contribution in [0.1, 0.15) is 23.0 Å². The Morgan fingerprint density at radius 2 is 2.12 bits per heavy atom. The summed E-state index contributed by atoms with van der Waals surface area (Å²) in [6.07, 6.45) is 2.45. The number of benzene rings is 1. The Morgan fingerprint density at radius 3 is 2.76 bits per heavy atom. The van der Waals surface area contributed by atoms with Crippen LogP contribution in [0.3, 0.4) is 0 Å². The molecule has 130 valence electrons. The van der Waals surface area contributed by atoms with E-state index in [2.05, 4.69) is 23.1 Å². The van der Waals surface area contributed by atoms with Crippen molar-refractivity contribution in [3.8, 4) is 0 Å². The standard InChI is InChI=1S/C17H18N4O3S/c1-4-11-5-6-12-14(9-11)25-17(21(12)10-15(22)24-3)19-16(23)13-7-8-18-20(13)2/h5-9H,4,10H2,1-3H3. The van der Waals surface area contributed by atoms with Gasteiger partial charge in [0, 0.05) is 13.2 Å². The van der Waals surface area contributed by atoms with E-state index < -0.39 is 11.9 Å². The van der Waals surface area contributed by atoms with Crippen LogP contribution in [0.2, 0.25) is 0 Å². The maximum atomic E-state index is 12.5. The summed E-state index contributed by atoms with van der Waals surface area (Å²) in [7, 11) is 3.02. The van der Waals surface area contributed by atoms with E-state index in [4.69, 9.17) is 4.74 Å². The predicted octanol–water partition coefficient (Wildman–Crippen LogP) is 1.91. The zero-order valence-corrected chi connectivity index (χ0v) is 15.0. The van der Waals surface area contributed by atoms with Crippen molar-refractivity contribution in [1.29, 1.82) is 0 Å². The smallest absolute Gasteiger partial charge is 0.325 e. The molecule has 0 N–H and O–H groups in total. The van der Waals surface area contributed by atoms with E-state index in [9.17, 15) is 9.59 Å². The van der Waals surface area contributed by atoms with E-state index in [1.807, 2.05) is 12.1 Å². The van der Waals surface area contributed by atoms with E-state index in [0.717, 1.165) is 16.6 Å². The second-order valence-corrected chi connectivity index (χ2v) is 6.47. The van der Waals surface area contributed by atoms with E-state index in [-0.39, 0.29) is 6.54 Å². The van der Waals surface area contributed by atoms with Crippen LogP contribution >= 0.6 is 11.3 Å². The minimum atomic E-state index is -0.402. The molecular weight excluding hydrogens is 340 g/mol. The van der Waals surface area contributed by atoms with Crippen molar-refractivity contribution in [2.75, 3.05) is 7.11 Å². The highest BCUT2D eigenvalue weighted by Gasteiger charge is 2.14. The minimum Gasteiger partial charge on any atom is -0.468 e. The monoisotopic (exact) mass is 358 g/mol. The van der Waals surface area contributed by atoms with Gasteiger partial charge in [-0.25, -0.2) is 0 Å². The van der Waals surface area contributed by atoms with Gasteiger partial charge < -0.3 is 9.30 Å². The third-order valence-electron chi connectivity index (χ3n) is 3.91. The summed E-state index contributed by atoms with van der Waals surface area (Å²) < 4.78 is 8.92. The highest BCUT2D eigenvalue weighted by Crippen LogP contribution is 2.20. The Morgan fingerprint density at radius 1 is 1.32 bits per heavy atom. The van der Waals surface area contributed by atoms with Crippen LogP contribution < -0.4 is 4.80 Å². The first-order valence-corrected chi connectivity index (χ1v) is 8.61. The number of hydrogen-bond acceptors (Lipinski definition) is 5. The molecule has 1 aromatic carbocycles. The van der Waals surface area contributed by atoms with E-state index in [1.165, 1.54) is 28.7 Å². The van der Waals surface area contributed by atoms with Gasteiger partial charge in [-0.05, 0) is 30.2 Å². The lowest BCUT2D eigenvalue weighted by molar-refractivity contribution is -0.141. The SMILES string of the molecule is CCc1ccc2c(c1)sc(=NC(=O)c1ccnn1C)n2CC(=O)OC. The van der Waals surface area contributed by atoms with Crippen molar-refractivity contribution in [2.45, 2.75) is 19.9 Å². The number of thiazole rings is 1. The molecule has 0 atom stereocenters. The van der Waals surface area contributed by atoms with Gasteiger partial charge in [-0.1, -0.05) is 24.3 Å². The highest BCUT2D eigenvalue weighted by molar-refractivity contribution is 7.16. The molecule has 0 bridgehead atoms. The zero-order valence-electron chi connectivity index (χ0n) is 14.2. The summed E-state index contributed by atoms with van der Waals surface area (Å²) in [5.74, 6) is -0.797. The number of hydrogen-bond donors (Lipinski definition) is 0. The lowest BCUT2D eigenvalue weighted by Crippen LogP contribution is -2.22. The number of rotatable bonds is 4. The van der Waals surface area contributed by atoms with Gasteiger partial charge in [0.05, 0.1) is 17.3 Å². The largest absolute Gasteiger partial charge is 0.468 e. The number of ether oxygens (including phenoxy) is 1. The first-order valence-electron chi connectivity index (χ1n) is 7.79. The van der Waals surface area contributed by atoms with Gasteiger partial charge in [0.1, 0.15) is 12.2 Å². The lowest BCUT2D eigenvalue weighted by atomic mass is 10.2. The maximum absolute atomic E-state index is 12.5. The molecule has 0 saturated heterocycles. The number of esters is 1. The Labute approximate surface area is 148 Å². The van der Waals surface area contributed by atoms with Gasteiger partial charge >= 0.3 is 5.97 Å². The number of aryl methyl sites for hydroxylation is 2. The van der Waals surface area contributed by atoms with Crippen LogP contribution in [0.15, 0.2) is 35.5 Å². The lowest BCUT2D eigenvalue weighted by Gasteiger charge is -2.04. The molecule has 0 aliphatic carbocycles. The Kier molecular flexibility index (Phi) is 4.80. The van der Waals surface area contributed by atoms with Crippen LogP contribution in [0, 0.1) is 0 Å². The summed E-state index contributed by atoms with van der Waals surface area (Å²) in [5, 5.41) is 3.99. The number of methoxy groups -OCH3 is 1. The summed E-state index contributed by atoms with van der Waals surface area (Å²) >= 11 is 1.38. The van der Waals surface area contributed by atoms with Crippen LogP contribution in [-0.4, -0.2) is 33.3 Å². The first kappa shape index (κ1) is 17.1. The molecule has 0 radical (unpaired) electrons. The fourth-order valence-electron chi connectivity index (χ4n) is 2.50. The molecule has 2 aromatic heterocycles. The van der Waals surface area contributed by atoms with Crippen molar-refractivity contribution in [2.24, 2.45) is 12.0 Å². The number of amides is 1. The van der Waals surface area contributed by atoms with Crippen molar-refractivity contribution < 1.29 is 14.3 Å². The molecule has 0 unspecified atom stereocenters. The van der Waals surface area contributed by atoms with Gasteiger partial charge in [-0.3, -0.25) is 14.3 Å². The van der Waals surface area contributed by atoms with Gasteiger partial charge in [0.25, 0.3) is 5.91 Å². The molecule has 1 amide bonds. The molecule has 0 aliphatic rings. The van der Waals surface area contributed by atoms with Gasteiger partial charge in [-0.15, -0.1) is 0 Å². The molecule has 0 aliphatic heterocycles. The average Bonchev–Trinajstić information content (AvgIpc) is 3.18. The molecule has 0 fully saturated rings. The van der Waals surface area contributed by atoms with Gasteiger partial charge in [-0.2, -0.15) is 10.1 Å². The maximum Gasteiger partial charge on any atom is 0.325 e. The van der Waals surface area contributed by atoms with Crippen molar-refractivity contribution >= 4 is 33.4 Å². The zero-order chi connectivity index (χ0) is 18.0. The van der Waals surface area contributed by atoms with E-state index >= 15 is 0 Å². The first-order chi connectivity index (χ1) is 12.0. The summed E-state index contributed by atoms with van der Waals surface area (Å²) in [6, 6.07) is 7.62. The van der Waals surface area contributed by atoms with Crippen LogP contribution in [0.25, 0.3) is 10.2 Å². The Bertz CT molecular complexity index is 1010. The number of fused-ring (bicyclic) bond motifs is 1. The van der Waals surface area contributed by atoms with Crippen LogP contribution in [0.4, 0.5) is 0 Å². The number of nitrogens with zero attached hydrogens (tertiary/aromatic N) is 4. The number of aromatic nitrogens is 3. The fourth-order valence-corrected chi connectivity index (χ4v) is 3.59. The summed E-state index contributed by atoms with van der Waals surface area (Å²) in [4.78, 5) is 28.9. The minimum absolute atomic E-state index is 0.000524. The number of carbonyl (C=O) groups excluding carboxylic acids is 2. The molecule has 8 heteroatoms. The summed E-state index contributed by atoms with van der Waals surface area (Å²) in [5.41, 5.74) is 2.42. The third kappa shape index (κ3) is 3.39. The quantitative estimate of drug-likeness (QED) is 0.668. The third-order valence-corrected chi connectivity index (χ3v) is 4.95. The van der Waals surface area contributed by atoms with Gasteiger partial charge in [0.15, 0.2) is 4.80 Å². The molecule has 25 heavy (non-hydrogen) atoms. The molecular formula is C17H18N4O3S. The Hall–Kier alpha value is -2.74. The van der Waals surface area contributed by atoms with Crippen LogP contribution in [0.5, 0.6) is 0 Å². The van der Waals surface area contributed by atoms with Crippen LogP contribution in [-0.2, 0) is 29.5 Å². The molecule has 3 rings (SSSR count). The molecule has 3 aromatic rings. The highest BCUT2D eigenvalue weighted by atomic mass is 32.1. The molecule has 0 saturated carbocycles. The predicted molar refractivity (Wildman–Crippen MR) is 94.3 cm³/mol. The summed E-state index contributed by atoms with van der Waals surface area (Å²) in [6.45, 7) is 2.08. The van der Waals surface area contributed by atoms with Crippen molar-refractivity contribution in [3.05, 3.63) is 46.5 Å². The normalized spacial score (nSPS) is 11.9. The second-order valence-electron chi connectivity index (χ2n) is 5.46. The topological polar surface area (TPSA) is 78.5 Å². The molecule has 0 spiro atoms. The number of carbonyl (C=O) groups is 2. The fraction of sp³-hybridized carbons (Fsp3) is 0.294. The second kappa shape index (κ2) is 7.02. The van der Waals surface area contributed by atoms with Crippen molar-refractivity contribution in [3.63, 3.8) is 0 Å². The average molecular weight is 358 g/mol. The van der Waals surface area contributed by atoms with E-state index in [0.29, 0.717) is 10.5 Å². The van der Waals surface area contributed by atoms with E-state index in [1.54, 1.807) is 23.9 Å².